The highest BCUT2D eigenvalue weighted by Crippen LogP contribution is 2.09. The molecule has 0 aliphatic carbocycles. The summed E-state index contributed by atoms with van der Waals surface area (Å²) in [6, 6.07) is 1.67. The van der Waals surface area contributed by atoms with Crippen LogP contribution in [0.4, 0.5) is 0 Å². The lowest BCUT2D eigenvalue weighted by Gasteiger charge is -2.11. The van der Waals surface area contributed by atoms with Crippen molar-refractivity contribution < 1.29 is 9.90 Å². The first-order valence-electron chi connectivity index (χ1n) is 4.48. The van der Waals surface area contributed by atoms with Crippen molar-refractivity contribution in [1.29, 1.82) is 0 Å². The van der Waals surface area contributed by atoms with E-state index in [4.69, 9.17) is 5.11 Å². The first kappa shape index (κ1) is 11.2. The second-order valence-electron chi connectivity index (χ2n) is 3.52. The van der Waals surface area contributed by atoms with Crippen LogP contribution in [-0.2, 0) is 0 Å². The lowest BCUT2D eigenvalue weighted by molar-refractivity contribution is 0.0694. The van der Waals surface area contributed by atoms with Gasteiger partial charge in [0, 0.05) is 11.4 Å². The number of nitrogens with zero attached hydrogens (tertiary/aromatic N) is 1. The summed E-state index contributed by atoms with van der Waals surface area (Å²) >= 11 is 0. The van der Waals surface area contributed by atoms with Crippen LogP contribution in [0.15, 0.2) is 17.4 Å². The molecule has 1 rings (SSSR count). The molecule has 15 heavy (non-hydrogen) atoms. The molecule has 0 atom stereocenters. The Morgan fingerprint density at radius 3 is 2.40 bits per heavy atom. The van der Waals surface area contributed by atoms with E-state index in [9.17, 15) is 9.59 Å². The Hall–Kier alpha value is -1.84. The van der Waals surface area contributed by atoms with Gasteiger partial charge in [0.1, 0.15) is 5.56 Å². The number of aromatic carboxylic acids is 1. The van der Waals surface area contributed by atoms with E-state index in [2.05, 4.69) is 6.58 Å². The molecule has 0 radical (unpaired) electrons. The first-order chi connectivity index (χ1) is 6.86. The van der Waals surface area contributed by atoms with E-state index in [1.54, 1.807) is 26.8 Å². The highest BCUT2D eigenvalue weighted by atomic mass is 16.4. The fraction of sp³-hybridized carbons (Fsp3) is 0.273. The van der Waals surface area contributed by atoms with Crippen molar-refractivity contribution in [1.82, 2.24) is 4.57 Å². The van der Waals surface area contributed by atoms with Gasteiger partial charge in [-0.05, 0) is 32.4 Å². The normalized spacial score (nSPS) is 10.1. The zero-order chi connectivity index (χ0) is 11.7. The Morgan fingerprint density at radius 1 is 1.47 bits per heavy atom. The molecule has 80 valence electrons. The van der Waals surface area contributed by atoms with Gasteiger partial charge in [-0.25, -0.2) is 4.79 Å². The van der Waals surface area contributed by atoms with Gasteiger partial charge in [0.25, 0.3) is 5.56 Å². The third-order valence-electron chi connectivity index (χ3n) is 2.18. The van der Waals surface area contributed by atoms with Gasteiger partial charge >= 0.3 is 5.97 Å². The van der Waals surface area contributed by atoms with E-state index in [1.165, 1.54) is 4.57 Å². The Labute approximate surface area is 87.5 Å². The van der Waals surface area contributed by atoms with E-state index in [0.717, 1.165) is 0 Å². The molecule has 0 unspecified atom stereocenters. The van der Waals surface area contributed by atoms with Crippen molar-refractivity contribution in [3.63, 3.8) is 0 Å². The molecule has 1 aromatic rings. The molecule has 4 heteroatoms. The summed E-state index contributed by atoms with van der Waals surface area (Å²) in [6.07, 6.45) is 0. The van der Waals surface area contributed by atoms with Gasteiger partial charge in [-0.1, -0.05) is 6.58 Å². The van der Waals surface area contributed by atoms with Crippen LogP contribution in [0.2, 0.25) is 0 Å². The number of allylic oxidation sites excluding steroid dienone is 1. The number of pyridine rings is 1. The molecule has 0 saturated heterocycles. The maximum absolute atomic E-state index is 11.8. The molecule has 0 fully saturated rings. The summed E-state index contributed by atoms with van der Waals surface area (Å²) in [5, 5.41) is 8.90. The zero-order valence-corrected chi connectivity index (χ0v) is 9.00. The predicted octanol–water partition coefficient (Wildman–Crippen LogP) is 1.65. The molecule has 1 heterocycles. The summed E-state index contributed by atoms with van der Waals surface area (Å²) in [4.78, 5) is 22.7. The molecule has 0 amide bonds. The minimum absolute atomic E-state index is 0.191. The molecular weight excluding hydrogens is 194 g/mol. The summed E-state index contributed by atoms with van der Waals surface area (Å²) in [5.74, 6) is -1.20. The maximum atomic E-state index is 11.8. The Bertz CT molecular complexity index is 456. The van der Waals surface area contributed by atoms with Crippen molar-refractivity contribution in [2.75, 3.05) is 0 Å². The number of hydrogen-bond donors (Lipinski definition) is 1. The Balaban J connectivity index is 3.72. The van der Waals surface area contributed by atoms with Gasteiger partial charge in [-0.15, -0.1) is 0 Å². The molecule has 1 N–H and O–H groups in total. The van der Waals surface area contributed by atoms with Crippen molar-refractivity contribution in [2.45, 2.75) is 20.8 Å². The van der Waals surface area contributed by atoms with Crippen LogP contribution in [0.5, 0.6) is 0 Å². The highest BCUT2D eigenvalue weighted by Gasteiger charge is 2.16. The third-order valence-corrected chi connectivity index (χ3v) is 2.18. The van der Waals surface area contributed by atoms with Crippen LogP contribution in [-0.4, -0.2) is 15.6 Å². The molecule has 0 aliphatic heterocycles. The van der Waals surface area contributed by atoms with Crippen LogP contribution in [0.25, 0.3) is 5.70 Å². The standard InChI is InChI=1S/C11H13NO3/c1-6(2)12-8(4)5-7(3)9(10(12)13)11(14)15/h5H,1H2,2-4H3,(H,14,15). The fourth-order valence-electron chi connectivity index (χ4n) is 1.63. The second-order valence-corrected chi connectivity index (χ2v) is 3.52. The summed E-state index contributed by atoms with van der Waals surface area (Å²) in [5.41, 5.74) is 0.966. The van der Waals surface area contributed by atoms with Gasteiger partial charge in [0.15, 0.2) is 0 Å². The second kappa shape index (κ2) is 3.73. The number of carboxylic acid groups (broad SMARTS) is 1. The third kappa shape index (κ3) is 1.83. The number of hydrogen-bond acceptors (Lipinski definition) is 2. The van der Waals surface area contributed by atoms with E-state index in [-0.39, 0.29) is 5.56 Å². The zero-order valence-electron chi connectivity index (χ0n) is 9.00. The van der Waals surface area contributed by atoms with E-state index in [0.29, 0.717) is 17.0 Å². The van der Waals surface area contributed by atoms with Gasteiger partial charge in [-0.2, -0.15) is 0 Å². The Morgan fingerprint density at radius 2 is 2.00 bits per heavy atom. The average Bonchev–Trinajstić information content (AvgIpc) is 1.99. The molecule has 0 spiro atoms. The number of carbonyl (C=O) groups is 1. The van der Waals surface area contributed by atoms with Crippen LogP contribution in [0.1, 0.15) is 28.5 Å². The quantitative estimate of drug-likeness (QED) is 0.802. The molecule has 0 aliphatic rings. The van der Waals surface area contributed by atoms with Crippen LogP contribution >= 0.6 is 0 Å². The number of aryl methyl sites for hydroxylation is 2. The van der Waals surface area contributed by atoms with Gasteiger partial charge in [-0.3, -0.25) is 9.36 Å². The molecular formula is C11H13NO3. The van der Waals surface area contributed by atoms with E-state index < -0.39 is 11.5 Å². The van der Waals surface area contributed by atoms with Crippen LogP contribution < -0.4 is 5.56 Å². The van der Waals surface area contributed by atoms with Crippen molar-refractivity contribution in [3.8, 4) is 0 Å². The monoisotopic (exact) mass is 207 g/mol. The Kier molecular flexibility index (Phi) is 2.79. The van der Waals surface area contributed by atoms with Crippen molar-refractivity contribution in [3.05, 3.63) is 39.8 Å². The number of aromatic nitrogens is 1. The first-order valence-corrected chi connectivity index (χ1v) is 4.48. The van der Waals surface area contributed by atoms with Crippen molar-refractivity contribution >= 4 is 11.7 Å². The summed E-state index contributed by atoms with van der Waals surface area (Å²) in [7, 11) is 0. The molecule has 0 bridgehead atoms. The molecule has 4 nitrogen and oxygen atoms in total. The largest absolute Gasteiger partial charge is 0.477 e. The SMILES string of the molecule is C=C(C)n1c(C)cc(C)c(C(=O)O)c1=O. The number of carboxylic acids is 1. The molecule has 0 aromatic carbocycles. The van der Waals surface area contributed by atoms with Gasteiger partial charge in [0.2, 0.25) is 0 Å². The smallest absolute Gasteiger partial charge is 0.341 e. The molecule has 0 saturated carbocycles. The lowest BCUT2D eigenvalue weighted by Crippen LogP contribution is -2.28. The van der Waals surface area contributed by atoms with E-state index >= 15 is 0 Å². The van der Waals surface area contributed by atoms with Gasteiger partial charge in [0.05, 0.1) is 0 Å². The number of rotatable bonds is 2. The molecule has 1 aromatic heterocycles. The summed E-state index contributed by atoms with van der Waals surface area (Å²) in [6.45, 7) is 8.67. The van der Waals surface area contributed by atoms with Crippen LogP contribution in [0, 0.1) is 13.8 Å². The topological polar surface area (TPSA) is 59.3 Å². The van der Waals surface area contributed by atoms with Gasteiger partial charge < -0.3 is 5.11 Å². The lowest BCUT2D eigenvalue weighted by atomic mass is 10.1. The van der Waals surface area contributed by atoms with E-state index in [1.807, 2.05) is 0 Å². The highest BCUT2D eigenvalue weighted by molar-refractivity contribution is 5.89. The predicted molar refractivity (Wildman–Crippen MR) is 58.1 cm³/mol. The van der Waals surface area contributed by atoms with Crippen molar-refractivity contribution in [2.24, 2.45) is 0 Å². The fourth-order valence-corrected chi connectivity index (χ4v) is 1.63. The minimum atomic E-state index is -1.20. The minimum Gasteiger partial charge on any atom is -0.477 e. The maximum Gasteiger partial charge on any atom is 0.341 e. The average molecular weight is 207 g/mol. The summed E-state index contributed by atoms with van der Waals surface area (Å²) < 4.78 is 1.30. The van der Waals surface area contributed by atoms with Crippen LogP contribution in [0.3, 0.4) is 0 Å².